The number of anilines is 1. The van der Waals surface area contributed by atoms with Crippen LogP contribution in [0.1, 0.15) is 46.0 Å². The fourth-order valence-corrected chi connectivity index (χ4v) is 4.17. The number of carbonyl (C=O) groups is 2. The number of Topliss-reactive ketones (excluding diaryl/α,β-unsaturated/α-hetero) is 1. The van der Waals surface area contributed by atoms with E-state index in [4.69, 9.17) is 0 Å². The summed E-state index contributed by atoms with van der Waals surface area (Å²) in [5, 5.41) is 3.78. The van der Waals surface area contributed by atoms with Gasteiger partial charge < -0.3 is 4.98 Å². The number of pyridine rings is 1. The Balaban J connectivity index is 1.65. The number of benzene rings is 1. The van der Waals surface area contributed by atoms with Crippen molar-refractivity contribution in [2.24, 2.45) is 5.41 Å². The SMILES string of the molecule is CC1(C)CC(=O)c2sc(NC(=O)c3cc4ccccc4[nH]c3=O)nc2C1. The zero-order valence-electron chi connectivity index (χ0n) is 14.4. The van der Waals surface area contributed by atoms with Crippen molar-refractivity contribution in [2.45, 2.75) is 26.7 Å². The normalized spacial score (nSPS) is 15.7. The van der Waals surface area contributed by atoms with Gasteiger partial charge in [-0.3, -0.25) is 19.7 Å². The number of aromatic amines is 1. The van der Waals surface area contributed by atoms with E-state index in [0.29, 0.717) is 28.4 Å². The number of carbonyl (C=O) groups excluding carboxylic acids is 2. The van der Waals surface area contributed by atoms with Crippen molar-refractivity contribution in [1.82, 2.24) is 9.97 Å². The first-order valence-electron chi connectivity index (χ1n) is 8.29. The summed E-state index contributed by atoms with van der Waals surface area (Å²) in [6.45, 7) is 4.06. The van der Waals surface area contributed by atoms with E-state index in [1.807, 2.05) is 32.0 Å². The maximum Gasteiger partial charge on any atom is 0.263 e. The Labute approximate surface area is 153 Å². The minimum Gasteiger partial charge on any atom is -0.321 e. The second kappa shape index (κ2) is 5.88. The molecule has 3 aromatic rings. The molecule has 1 aromatic carbocycles. The Morgan fingerprint density at radius 3 is 2.81 bits per heavy atom. The number of hydrogen-bond acceptors (Lipinski definition) is 5. The van der Waals surface area contributed by atoms with Crippen molar-refractivity contribution in [3.8, 4) is 0 Å². The third-order valence-electron chi connectivity index (χ3n) is 4.45. The van der Waals surface area contributed by atoms with Crippen molar-refractivity contribution in [2.75, 3.05) is 5.32 Å². The zero-order valence-corrected chi connectivity index (χ0v) is 15.2. The molecule has 0 unspecified atom stereocenters. The molecule has 1 aliphatic rings. The van der Waals surface area contributed by atoms with E-state index in [-0.39, 0.29) is 16.8 Å². The molecule has 1 aliphatic carbocycles. The smallest absolute Gasteiger partial charge is 0.263 e. The van der Waals surface area contributed by atoms with Crippen LogP contribution in [0.2, 0.25) is 0 Å². The van der Waals surface area contributed by atoms with Crippen molar-refractivity contribution >= 4 is 39.1 Å². The quantitative estimate of drug-likeness (QED) is 0.726. The lowest BCUT2D eigenvalue weighted by molar-refractivity contribution is 0.0915. The first-order chi connectivity index (χ1) is 12.3. The number of amides is 1. The van der Waals surface area contributed by atoms with Crippen LogP contribution in [0.5, 0.6) is 0 Å². The summed E-state index contributed by atoms with van der Waals surface area (Å²) < 4.78 is 0. The second-order valence-corrected chi connectivity index (χ2v) is 8.29. The molecular weight excluding hydrogens is 350 g/mol. The summed E-state index contributed by atoms with van der Waals surface area (Å²) in [4.78, 5) is 44.7. The lowest BCUT2D eigenvalue weighted by atomic mass is 9.78. The largest absolute Gasteiger partial charge is 0.321 e. The zero-order chi connectivity index (χ0) is 18.5. The second-order valence-electron chi connectivity index (χ2n) is 7.29. The summed E-state index contributed by atoms with van der Waals surface area (Å²) in [6.07, 6.45) is 1.16. The van der Waals surface area contributed by atoms with Crippen LogP contribution < -0.4 is 10.9 Å². The molecule has 0 bridgehead atoms. The van der Waals surface area contributed by atoms with Crippen LogP contribution in [0.3, 0.4) is 0 Å². The average Bonchev–Trinajstić information content (AvgIpc) is 2.95. The molecule has 7 heteroatoms. The number of thiazole rings is 1. The molecule has 2 aromatic heterocycles. The van der Waals surface area contributed by atoms with Gasteiger partial charge in [-0.1, -0.05) is 43.4 Å². The summed E-state index contributed by atoms with van der Waals surface area (Å²) in [5.41, 5.74) is 0.823. The molecular formula is C19H17N3O3S. The molecule has 6 nitrogen and oxygen atoms in total. The fourth-order valence-electron chi connectivity index (χ4n) is 3.25. The van der Waals surface area contributed by atoms with Gasteiger partial charge in [-0.2, -0.15) is 0 Å². The summed E-state index contributed by atoms with van der Waals surface area (Å²) in [5.74, 6) is -0.479. The Bertz CT molecular complexity index is 1110. The molecule has 0 spiro atoms. The van der Waals surface area contributed by atoms with Crippen LogP contribution in [0.15, 0.2) is 35.1 Å². The number of ketones is 1. The van der Waals surface area contributed by atoms with E-state index in [2.05, 4.69) is 15.3 Å². The molecule has 2 heterocycles. The number of nitrogens with zero attached hydrogens (tertiary/aromatic N) is 1. The molecule has 2 N–H and O–H groups in total. The summed E-state index contributed by atoms with van der Waals surface area (Å²) in [6, 6.07) is 8.82. The van der Waals surface area contributed by atoms with Gasteiger partial charge in [-0.25, -0.2) is 4.98 Å². The number of rotatable bonds is 2. The van der Waals surface area contributed by atoms with Crippen LogP contribution >= 0.6 is 11.3 Å². The van der Waals surface area contributed by atoms with Gasteiger partial charge in [0.15, 0.2) is 10.9 Å². The molecule has 0 radical (unpaired) electrons. The first kappa shape index (κ1) is 16.7. The van der Waals surface area contributed by atoms with Gasteiger partial charge in [0.25, 0.3) is 11.5 Å². The maximum atomic E-state index is 12.6. The lowest BCUT2D eigenvalue weighted by Gasteiger charge is -2.26. The Kier molecular flexibility index (Phi) is 3.77. The predicted molar refractivity (Wildman–Crippen MR) is 101 cm³/mol. The van der Waals surface area contributed by atoms with Gasteiger partial charge in [0.2, 0.25) is 0 Å². The van der Waals surface area contributed by atoms with E-state index in [0.717, 1.165) is 11.1 Å². The summed E-state index contributed by atoms with van der Waals surface area (Å²) >= 11 is 1.17. The van der Waals surface area contributed by atoms with E-state index in [9.17, 15) is 14.4 Å². The maximum absolute atomic E-state index is 12.6. The Morgan fingerprint density at radius 1 is 1.23 bits per heavy atom. The number of para-hydroxylation sites is 1. The standard InChI is InChI=1S/C19H17N3O3S/c1-19(2)8-13-15(14(23)9-19)26-18(21-13)22-17(25)11-7-10-5-3-4-6-12(10)20-16(11)24/h3-7H,8-9H2,1-2H3,(H,20,24)(H,21,22,25). The highest BCUT2D eigenvalue weighted by Crippen LogP contribution is 2.38. The number of nitrogens with one attached hydrogen (secondary N) is 2. The van der Waals surface area contributed by atoms with Crippen molar-refractivity contribution in [3.63, 3.8) is 0 Å². The number of aromatic nitrogens is 2. The monoisotopic (exact) mass is 367 g/mol. The predicted octanol–water partition coefficient (Wildman–Crippen LogP) is 3.39. The number of fused-ring (bicyclic) bond motifs is 2. The highest BCUT2D eigenvalue weighted by Gasteiger charge is 2.34. The van der Waals surface area contributed by atoms with Crippen molar-refractivity contribution in [1.29, 1.82) is 0 Å². The molecule has 0 fully saturated rings. The molecule has 1 amide bonds. The first-order valence-corrected chi connectivity index (χ1v) is 9.10. The van der Waals surface area contributed by atoms with E-state index in [1.165, 1.54) is 11.3 Å². The van der Waals surface area contributed by atoms with Gasteiger partial charge in [0, 0.05) is 11.9 Å². The average molecular weight is 367 g/mol. The van der Waals surface area contributed by atoms with Crippen LogP contribution in [0, 0.1) is 5.41 Å². The Hall–Kier alpha value is -2.80. The Morgan fingerprint density at radius 2 is 2.00 bits per heavy atom. The van der Waals surface area contributed by atoms with E-state index >= 15 is 0 Å². The topological polar surface area (TPSA) is 91.9 Å². The molecule has 4 rings (SSSR count). The summed E-state index contributed by atoms with van der Waals surface area (Å²) in [7, 11) is 0. The van der Waals surface area contributed by atoms with Gasteiger partial charge >= 0.3 is 0 Å². The number of H-pyrrole nitrogens is 1. The molecule has 0 atom stereocenters. The molecule has 0 saturated heterocycles. The van der Waals surface area contributed by atoms with Gasteiger partial charge in [-0.05, 0) is 29.4 Å². The van der Waals surface area contributed by atoms with E-state index < -0.39 is 11.5 Å². The molecule has 26 heavy (non-hydrogen) atoms. The van der Waals surface area contributed by atoms with Crippen LogP contribution in [-0.2, 0) is 6.42 Å². The highest BCUT2D eigenvalue weighted by molar-refractivity contribution is 7.17. The van der Waals surface area contributed by atoms with Crippen LogP contribution in [0.4, 0.5) is 5.13 Å². The molecule has 0 aliphatic heterocycles. The lowest BCUT2D eigenvalue weighted by Crippen LogP contribution is -2.26. The van der Waals surface area contributed by atoms with E-state index in [1.54, 1.807) is 12.1 Å². The van der Waals surface area contributed by atoms with Gasteiger partial charge in [-0.15, -0.1) is 0 Å². The fraction of sp³-hybridized carbons (Fsp3) is 0.263. The van der Waals surface area contributed by atoms with Crippen molar-refractivity contribution in [3.05, 3.63) is 56.8 Å². The van der Waals surface area contributed by atoms with Crippen molar-refractivity contribution < 1.29 is 9.59 Å². The molecule has 132 valence electrons. The van der Waals surface area contributed by atoms with Gasteiger partial charge in [0.05, 0.1) is 10.6 Å². The third kappa shape index (κ3) is 2.94. The highest BCUT2D eigenvalue weighted by atomic mass is 32.1. The minimum absolute atomic E-state index is 0.0172. The van der Waals surface area contributed by atoms with Gasteiger partial charge in [0.1, 0.15) is 5.56 Å². The number of hydrogen-bond donors (Lipinski definition) is 2. The minimum atomic E-state index is -0.533. The van der Waals surface area contributed by atoms with Crippen LogP contribution in [0.25, 0.3) is 10.9 Å². The van der Waals surface area contributed by atoms with Crippen LogP contribution in [-0.4, -0.2) is 21.7 Å². The molecule has 0 saturated carbocycles. The third-order valence-corrected chi connectivity index (χ3v) is 5.51.